The number of hydrogen-bond acceptors (Lipinski definition) is 3. The number of aryl methyl sites for hydroxylation is 1. The van der Waals surface area contributed by atoms with Crippen molar-refractivity contribution in [3.8, 4) is 0 Å². The molecule has 0 bridgehead atoms. The molecule has 1 atom stereocenters. The minimum atomic E-state index is -3.21. The number of benzene rings is 2. The molecule has 0 heterocycles. The fourth-order valence-electron chi connectivity index (χ4n) is 3.81. The van der Waals surface area contributed by atoms with Gasteiger partial charge in [0.15, 0.2) is 9.84 Å². The molecule has 2 aromatic carbocycles. The van der Waals surface area contributed by atoms with Crippen molar-refractivity contribution in [2.45, 2.75) is 56.4 Å². The molecule has 0 radical (unpaired) electrons. The van der Waals surface area contributed by atoms with E-state index >= 15 is 0 Å². The van der Waals surface area contributed by atoms with Gasteiger partial charge in [0.2, 0.25) is 5.91 Å². The van der Waals surface area contributed by atoms with E-state index in [4.69, 9.17) is 0 Å². The van der Waals surface area contributed by atoms with Crippen LogP contribution in [0.25, 0.3) is 0 Å². The first-order valence-electron chi connectivity index (χ1n) is 9.50. The summed E-state index contributed by atoms with van der Waals surface area (Å²) in [4.78, 5) is 13.5. The minimum absolute atomic E-state index is 0.0563. The predicted molar refractivity (Wildman–Crippen MR) is 107 cm³/mol. The molecular formula is C22H27NO3S. The lowest BCUT2D eigenvalue weighted by Gasteiger charge is -2.42. The Balaban J connectivity index is 1.78. The zero-order valence-corrected chi connectivity index (χ0v) is 17.0. The highest BCUT2D eigenvalue weighted by molar-refractivity contribution is 7.91. The largest absolute Gasteiger partial charge is 0.349 e. The Morgan fingerprint density at radius 1 is 1.11 bits per heavy atom. The summed E-state index contributed by atoms with van der Waals surface area (Å²) in [6, 6.07) is 14.7. The third kappa shape index (κ3) is 3.65. The predicted octanol–water partition coefficient (Wildman–Crippen LogP) is 4.09. The second-order valence-electron chi connectivity index (χ2n) is 7.42. The highest BCUT2D eigenvalue weighted by Gasteiger charge is 2.46. The van der Waals surface area contributed by atoms with Crippen LogP contribution >= 0.6 is 0 Å². The molecule has 1 unspecified atom stereocenters. The average Bonchev–Trinajstić information content (AvgIpc) is 2.62. The molecule has 1 aliphatic carbocycles. The van der Waals surface area contributed by atoms with E-state index in [0.717, 1.165) is 36.0 Å². The monoisotopic (exact) mass is 385 g/mol. The van der Waals surface area contributed by atoms with Crippen LogP contribution in [0.4, 0.5) is 0 Å². The topological polar surface area (TPSA) is 63.2 Å². The van der Waals surface area contributed by atoms with E-state index in [1.807, 2.05) is 19.1 Å². The van der Waals surface area contributed by atoms with Crippen molar-refractivity contribution in [3.05, 3.63) is 65.2 Å². The Labute approximate surface area is 161 Å². The van der Waals surface area contributed by atoms with Crippen LogP contribution in [0.5, 0.6) is 0 Å². The van der Waals surface area contributed by atoms with Crippen LogP contribution in [0.1, 0.15) is 55.8 Å². The summed E-state index contributed by atoms with van der Waals surface area (Å²) in [6.07, 6.45) is 2.79. The first-order chi connectivity index (χ1) is 12.8. The fraction of sp³-hybridized carbons (Fsp3) is 0.409. The van der Waals surface area contributed by atoms with Gasteiger partial charge in [0.05, 0.1) is 22.1 Å². The molecule has 144 valence electrons. The summed E-state index contributed by atoms with van der Waals surface area (Å²) in [5.74, 6) is 0.137. The normalized spacial score (nSPS) is 17.0. The van der Waals surface area contributed by atoms with E-state index in [1.165, 1.54) is 0 Å². The van der Waals surface area contributed by atoms with Crippen molar-refractivity contribution in [1.82, 2.24) is 5.32 Å². The summed E-state index contributed by atoms with van der Waals surface area (Å²) in [5, 5.41) is 3.15. The fourth-order valence-corrected chi connectivity index (χ4v) is 4.69. The van der Waals surface area contributed by atoms with E-state index in [1.54, 1.807) is 31.2 Å². The Morgan fingerprint density at radius 2 is 1.74 bits per heavy atom. The van der Waals surface area contributed by atoms with Crippen LogP contribution in [0.2, 0.25) is 0 Å². The molecule has 27 heavy (non-hydrogen) atoms. The van der Waals surface area contributed by atoms with Crippen molar-refractivity contribution >= 4 is 15.7 Å². The van der Waals surface area contributed by atoms with Gasteiger partial charge in [-0.2, -0.15) is 0 Å². The zero-order valence-electron chi connectivity index (χ0n) is 16.2. The number of nitrogens with one attached hydrogen (secondary N) is 1. The van der Waals surface area contributed by atoms with Gasteiger partial charge in [-0.05, 0) is 55.5 Å². The van der Waals surface area contributed by atoms with Crippen molar-refractivity contribution in [2.75, 3.05) is 5.75 Å². The molecular weight excluding hydrogens is 358 g/mol. The third-order valence-electron chi connectivity index (χ3n) is 5.77. The molecule has 1 N–H and O–H groups in total. The van der Waals surface area contributed by atoms with Crippen LogP contribution in [-0.2, 0) is 20.0 Å². The lowest BCUT2D eigenvalue weighted by Crippen LogP contribution is -2.50. The Morgan fingerprint density at radius 3 is 2.26 bits per heavy atom. The highest BCUT2D eigenvalue weighted by Crippen LogP contribution is 2.45. The van der Waals surface area contributed by atoms with E-state index < -0.39 is 15.3 Å². The van der Waals surface area contributed by atoms with Gasteiger partial charge < -0.3 is 5.32 Å². The van der Waals surface area contributed by atoms with E-state index in [0.29, 0.717) is 4.90 Å². The quantitative estimate of drug-likeness (QED) is 0.815. The molecule has 4 nitrogen and oxygen atoms in total. The molecule has 1 fully saturated rings. The highest BCUT2D eigenvalue weighted by atomic mass is 32.2. The standard InChI is InChI=1S/C22H27NO3S/c1-4-27(25,26)19-12-10-18(11-13-19)17(3)23-21(24)22(14-7-15-22)20-9-6-5-8-16(20)2/h5-6,8-13,17H,4,7,14-15H2,1-3H3,(H,23,24). The van der Waals surface area contributed by atoms with Crippen LogP contribution < -0.4 is 5.32 Å². The van der Waals surface area contributed by atoms with Gasteiger partial charge in [-0.3, -0.25) is 4.79 Å². The maximum Gasteiger partial charge on any atom is 0.231 e. The molecule has 0 saturated heterocycles. The van der Waals surface area contributed by atoms with Gasteiger partial charge in [-0.15, -0.1) is 0 Å². The van der Waals surface area contributed by atoms with Crippen molar-refractivity contribution in [3.63, 3.8) is 0 Å². The molecule has 1 amide bonds. The molecule has 3 rings (SSSR count). The van der Waals surface area contributed by atoms with Gasteiger partial charge in [-0.1, -0.05) is 49.7 Å². The second kappa shape index (κ2) is 7.47. The third-order valence-corrected chi connectivity index (χ3v) is 7.52. The van der Waals surface area contributed by atoms with Gasteiger partial charge >= 0.3 is 0 Å². The van der Waals surface area contributed by atoms with Gasteiger partial charge in [0.25, 0.3) is 0 Å². The van der Waals surface area contributed by atoms with Crippen LogP contribution in [0.3, 0.4) is 0 Å². The van der Waals surface area contributed by atoms with E-state index in [-0.39, 0.29) is 17.7 Å². The molecule has 1 saturated carbocycles. The van der Waals surface area contributed by atoms with Crippen molar-refractivity contribution in [1.29, 1.82) is 0 Å². The summed E-state index contributed by atoms with van der Waals surface area (Å²) in [7, 11) is -3.21. The molecule has 0 spiro atoms. The summed E-state index contributed by atoms with van der Waals surface area (Å²) in [6.45, 7) is 5.63. The SMILES string of the molecule is CCS(=O)(=O)c1ccc(C(C)NC(=O)C2(c3ccccc3C)CCC2)cc1. The zero-order chi connectivity index (χ0) is 19.7. The minimum Gasteiger partial charge on any atom is -0.349 e. The number of amides is 1. The molecule has 5 heteroatoms. The van der Waals surface area contributed by atoms with Gasteiger partial charge in [0, 0.05) is 0 Å². The molecule has 0 aromatic heterocycles. The number of hydrogen-bond donors (Lipinski definition) is 1. The molecule has 1 aliphatic rings. The maximum atomic E-state index is 13.1. The lowest BCUT2D eigenvalue weighted by molar-refractivity contribution is -0.130. The van der Waals surface area contributed by atoms with Crippen molar-refractivity contribution < 1.29 is 13.2 Å². The van der Waals surface area contributed by atoms with Crippen LogP contribution in [0, 0.1) is 6.92 Å². The lowest BCUT2D eigenvalue weighted by atomic mass is 9.62. The number of carbonyl (C=O) groups excluding carboxylic acids is 1. The first-order valence-corrected chi connectivity index (χ1v) is 11.2. The molecule has 0 aliphatic heterocycles. The second-order valence-corrected chi connectivity index (χ2v) is 9.70. The van der Waals surface area contributed by atoms with Gasteiger partial charge in [-0.25, -0.2) is 8.42 Å². The maximum absolute atomic E-state index is 13.1. The number of rotatable bonds is 6. The van der Waals surface area contributed by atoms with Crippen molar-refractivity contribution in [2.24, 2.45) is 0 Å². The smallest absolute Gasteiger partial charge is 0.231 e. The first kappa shape index (κ1) is 19.6. The number of carbonyl (C=O) groups is 1. The summed E-state index contributed by atoms with van der Waals surface area (Å²) >= 11 is 0. The van der Waals surface area contributed by atoms with Gasteiger partial charge in [0.1, 0.15) is 0 Å². The Kier molecular flexibility index (Phi) is 5.43. The van der Waals surface area contributed by atoms with Crippen LogP contribution in [0.15, 0.2) is 53.4 Å². The summed E-state index contributed by atoms with van der Waals surface area (Å²) in [5.41, 5.74) is 2.72. The van der Waals surface area contributed by atoms with E-state index in [2.05, 4.69) is 24.4 Å². The summed E-state index contributed by atoms with van der Waals surface area (Å²) < 4.78 is 23.9. The average molecular weight is 386 g/mol. The van der Waals surface area contributed by atoms with Crippen LogP contribution in [-0.4, -0.2) is 20.1 Å². The Bertz CT molecular complexity index is 928. The Hall–Kier alpha value is -2.14. The number of sulfone groups is 1. The van der Waals surface area contributed by atoms with E-state index in [9.17, 15) is 13.2 Å². The molecule has 2 aromatic rings.